The summed E-state index contributed by atoms with van der Waals surface area (Å²) < 4.78 is 5.44. The van der Waals surface area contributed by atoms with Gasteiger partial charge in [0.05, 0.1) is 12.2 Å². The van der Waals surface area contributed by atoms with E-state index in [1.54, 1.807) is 26.8 Å². The number of ether oxygens (including phenoxy) is 1. The lowest BCUT2D eigenvalue weighted by Crippen LogP contribution is -2.44. The Hall–Kier alpha value is -1.47. The number of rotatable bonds is 0. The molecule has 0 unspecified atom stereocenters. The zero-order valence-corrected chi connectivity index (χ0v) is 15.1. The van der Waals surface area contributed by atoms with E-state index in [2.05, 4.69) is 4.99 Å². The van der Waals surface area contributed by atoms with Gasteiger partial charge in [-0.2, -0.15) is 0 Å². The number of hydrogen-bond donors (Lipinski definition) is 0. The third-order valence-electron chi connectivity index (χ3n) is 3.57. The average Bonchev–Trinajstić information content (AvgIpc) is 3.00. The number of fused-ring (bicyclic) bond motifs is 2. The zero-order chi connectivity index (χ0) is 16.8. The van der Waals surface area contributed by atoms with Crippen molar-refractivity contribution in [3.63, 3.8) is 0 Å². The highest BCUT2D eigenvalue weighted by molar-refractivity contribution is 8.39. The van der Waals surface area contributed by atoms with Crippen LogP contribution < -0.4 is 4.90 Å². The fourth-order valence-corrected chi connectivity index (χ4v) is 4.62. The van der Waals surface area contributed by atoms with Crippen molar-refractivity contribution in [1.82, 2.24) is 0 Å². The second-order valence-corrected chi connectivity index (χ2v) is 8.69. The van der Waals surface area contributed by atoms with E-state index >= 15 is 0 Å². The smallest absolute Gasteiger partial charge is 0.421 e. The topological polar surface area (TPSA) is 59.0 Å². The Balaban J connectivity index is 2.02. The van der Waals surface area contributed by atoms with Gasteiger partial charge in [0.25, 0.3) is 5.91 Å². The molecule has 0 bridgehead atoms. The molecule has 1 aromatic rings. The maximum Gasteiger partial charge on any atom is 0.421 e. The van der Waals surface area contributed by atoms with Crippen LogP contribution in [0, 0.1) is 0 Å². The first-order chi connectivity index (χ1) is 10.8. The van der Waals surface area contributed by atoms with Gasteiger partial charge < -0.3 is 4.74 Å². The summed E-state index contributed by atoms with van der Waals surface area (Å²) in [5.74, 6) is -0.272. The number of carbonyl (C=O) groups excluding carboxylic acids is 2. The fourth-order valence-electron chi connectivity index (χ4n) is 2.65. The van der Waals surface area contributed by atoms with Gasteiger partial charge in [0.15, 0.2) is 0 Å². The minimum atomic E-state index is -0.841. The van der Waals surface area contributed by atoms with Gasteiger partial charge in [0, 0.05) is 5.56 Å². The molecule has 2 aliphatic heterocycles. The molecular formula is C16H18N2O3S2. The van der Waals surface area contributed by atoms with E-state index in [1.807, 2.05) is 24.5 Å². The van der Waals surface area contributed by atoms with Crippen LogP contribution in [0.4, 0.5) is 10.5 Å². The van der Waals surface area contributed by atoms with Gasteiger partial charge in [-0.25, -0.2) is 9.69 Å². The van der Waals surface area contributed by atoms with Gasteiger partial charge in [-0.3, -0.25) is 9.79 Å². The van der Waals surface area contributed by atoms with Crippen molar-refractivity contribution >= 4 is 45.6 Å². The second kappa shape index (κ2) is 5.56. The number of carbonyl (C=O) groups is 2. The molecular weight excluding hydrogens is 332 g/mol. The molecule has 23 heavy (non-hydrogen) atoms. The highest BCUT2D eigenvalue weighted by Crippen LogP contribution is 2.53. The SMILES string of the molecule is CSC1=NC[C@@]2(S1)C(=O)N(C(=O)OC(C)(C)C)c1ccccc12. The number of nitrogens with zero attached hydrogens (tertiary/aromatic N) is 2. The Morgan fingerprint density at radius 3 is 2.70 bits per heavy atom. The minimum Gasteiger partial charge on any atom is -0.443 e. The summed E-state index contributed by atoms with van der Waals surface area (Å²) in [4.78, 5) is 31.3. The van der Waals surface area contributed by atoms with E-state index in [0.717, 1.165) is 14.8 Å². The summed E-state index contributed by atoms with van der Waals surface area (Å²) >= 11 is 2.94. The van der Waals surface area contributed by atoms with Crippen LogP contribution in [-0.4, -0.2) is 34.8 Å². The summed E-state index contributed by atoms with van der Waals surface area (Å²) in [5, 5.41) is 0. The van der Waals surface area contributed by atoms with Crippen LogP contribution in [0.3, 0.4) is 0 Å². The lowest BCUT2D eigenvalue weighted by atomic mass is 10.00. The molecule has 2 heterocycles. The molecule has 3 rings (SSSR count). The van der Waals surface area contributed by atoms with Gasteiger partial charge >= 0.3 is 6.09 Å². The lowest BCUT2D eigenvalue weighted by molar-refractivity contribution is -0.119. The predicted molar refractivity (Wildman–Crippen MR) is 95.2 cm³/mol. The molecule has 1 aromatic carbocycles. The van der Waals surface area contributed by atoms with Crippen LogP contribution >= 0.6 is 23.5 Å². The van der Waals surface area contributed by atoms with Crippen molar-refractivity contribution in [2.75, 3.05) is 17.7 Å². The standard InChI is InChI=1S/C16H18N2O3S2/c1-15(2,3)21-14(20)18-11-8-6-5-7-10(11)16(12(18)19)9-17-13(22-4)23-16/h5-8H,9H2,1-4H3/t16-/m0/s1. The average molecular weight is 350 g/mol. The first kappa shape index (κ1) is 16.4. The molecule has 1 atom stereocenters. The summed E-state index contributed by atoms with van der Waals surface area (Å²) in [6.07, 6.45) is 1.30. The number of amides is 2. The van der Waals surface area contributed by atoms with Crippen molar-refractivity contribution in [1.29, 1.82) is 0 Å². The van der Waals surface area contributed by atoms with Crippen LogP contribution in [0.15, 0.2) is 29.3 Å². The molecule has 0 radical (unpaired) electrons. The molecule has 2 amide bonds. The van der Waals surface area contributed by atoms with E-state index in [-0.39, 0.29) is 5.91 Å². The van der Waals surface area contributed by atoms with Crippen LogP contribution in [0.1, 0.15) is 26.3 Å². The third-order valence-corrected chi connectivity index (χ3v) is 5.98. The number of thioether (sulfide) groups is 2. The van der Waals surface area contributed by atoms with Gasteiger partial charge in [-0.15, -0.1) is 11.8 Å². The van der Waals surface area contributed by atoms with Crippen molar-refractivity contribution in [2.24, 2.45) is 4.99 Å². The molecule has 122 valence electrons. The molecule has 1 spiro atoms. The molecule has 0 saturated heterocycles. The van der Waals surface area contributed by atoms with Gasteiger partial charge in [-0.1, -0.05) is 30.0 Å². The van der Waals surface area contributed by atoms with E-state index in [9.17, 15) is 9.59 Å². The molecule has 2 aliphatic rings. The largest absolute Gasteiger partial charge is 0.443 e. The van der Waals surface area contributed by atoms with E-state index in [0.29, 0.717) is 12.2 Å². The molecule has 0 N–H and O–H groups in total. The quantitative estimate of drug-likeness (QED) is 0.715. The van der Waals surface area contributed by atoms with E-state index in [1.165, 1.54) is 23.5 Å². The maximum atomic E-state index is 13.1. The molecule has 7 heteroatoms. The Kier molecular flexibility index (Phi) is 3.96. The van der Waals surface area contributed by atoms with Gasteiger partial charge in [0.2, 0.25) is 0 Å². The molecule has 0 aliphatic carbocycles. The van der Waals surface area contributed by atoms with Crippen LogP contribution in [0.5, 0.6) is 0 Å². The van der Waals surface area contributed by atoms with Gasteiger partial charge in [-0.05, 0) is 33.1 Å². The molecule has 0 aromatic heterocycles. The predicted octanol–water partition coefficient (Wildman–Crippen LogP) is 3.63. The monoisotopic (exact) mass is 350 g/mol. The van der Waals surface area contributed by atoms with E-state index in [4.69, 9.17) is 4.74 Å². The van der Waals surface area contributed by atoms with Crippen molar-refractivity contribution in [3.8, 4) is 0 Å². The highest BCUT2D eigenvalue weighted by atomic mass is 32.2. The lowest BCUT2D eigenvalue weighted by Gasteiger charge is -2.25. The van der Waals surface area contributed by atoms with Crippen molar-refractivity contribution in [2.45, 2.75) is 31.1 Å². The van der Waals surface area contributed by atoms with Crippen molar-refractivity contribution < 1.29 is 14.3 Å². The van der Waals surface area contributed by atoms with Crippen molar-refractivity contribution in [3.05, 3.63) is 29.8 Å². The normalized spacial score (nSPS) is 23.2. The Morgan fingerprint density at radius 2 is 2.09 bits per heavy atom. The first-order valence-corrected chi connectivity index (χ1v) is 9.27. The first-order valence-electron chi connectivity index (χ1n) is 7.23. The molecule has 0 saturated carbocycles. The van der Waals surface area contributed by atoms with Crippen LogP contribution in [-0.2, 0) is 14.3 Å². The third kappa shape index (κ3) is 2.65. The summed E-state index contributed by atoms with van der Waals surface area (Å²) in [5.41, 5.74) is 0.761. The molecule has 5 nitrogen and oxygen atoms in total. The number of imide groups is 1. The number of para-hydroxylation sites is 1. The fraction of sp³-hybridized carbons (Fsp3) is 0.438. The number of hydrogen-bond acceptors (Lipinski definition) is 6. The number of anilines is 1. The van der Waals surface area contributed by atoms with Crippen LogP contribution in [0.25, 0.3) is 0 Å². The van der Waals surface area contributed by atoms with E-state index < -0.39 is 16.4 Å². The molecule has 0 fully saturated rings. The Morgan fingerprint density at radius 1 is 1.39 bits per heavy atom. The van der Waals surface area contributed by atoms with Crippen LogP contribution in [0.2, 0.25) is 0 Å². The number of benzene rings is 1. The summed E-state index contributed by atoms with van der Waals surface area (Å²) in [6.45, 7) is 5.70. The maximum absolute atomic E-state index is 13.1. The zero-order valence-electron chi connectivity index (χ0n) is 13.5. The van der Waals surface area contributed by atoms with Gasteiger partial charge in [0.1, 0.15) is 14.7 Å². The Bertz CT molecular complexity index is 712. The second-order valence-electron chi connectivity index (χ2n) is 6.35. The summed E-state index contributed by atoms with van der Waals surface area (Å²) in [6, 6.07) is 7.37. The Labute approximate surface area is 143 Å². The minimum absolute atomic E-state index is 0.272. The summed E-state index contributed by atoms with van der Waals surface area (Å²) in [7, 11) is 0. The number of aliphatic imine (C=N–C) groups is 1. The highest BCUT2D eigenvalue weighted by Gasteiger charge is 2.57.